The quantitative estimate of drug-likeness (QED) is 0.0946. The fourth-order valence-electron chi connectivity index (χ4n) is 3.56. The average molecular weight is 704 g/mol. The Bertz CT molecular complexity index is 1770. The molecule has 0 aliphatic heterocycles. The van der Waals surface area contributed by atoms with Crippen LogP contribution < -0.4 is 14.2 Å². The van der Waals surface area contributed by atoms with E-state index in [2.05, 4.69) is 4.74 Å². The molecule has 0 saturated heterocycles. The highest BCUT2D eigenvalue weighted by Gasteiger charge is 2.31. The molecule has 0 fully saturated rings. The Kier molecular flexibility index (Phi) is 12.0. The number of nitrogens with zero attached hydrogens (tertiary/aromatic N) is 2. The SMILES string of the molecule is CCOc1cc(Oc2ccc(C(F)(F)F)cc2Cl)ccc1[N+](=O)[O-].COC(=O)c1cc(Oc2ccc(Cl)cc2Cl)ccc1[N+](=O)[O-]. The molecule has 0 aromatic heterocycles. The van der Waals surface area contributed by atoms with Gasteiger partial charge in [-0.2, -0.15) is 13.2 Å². The maximum atomic E-state index is 12.6. The third-order valence-electron chi connectivity index (χ3n) is 5.61. The number of nitro groups is 2. The van der Waals surface area contributed by atoms with Crippen LogP contribution in [0.3, 0.4) is 0 Å². The van der Waals surface area contributed by atoms with Crippen molar-refractivity contribution in [2.24, 2.45) is 0 Å². The molecule has 0 saturated carbocycles. The monoisotopic (exact) mass is 702 g/mol. The first-order valence-corrected chi connectivity index (χ1v) is 13.7. The fourth-order valence-corrected chi connectivity index (χ4v) is 4.23. The van der Waals surface area contributed by atoms with Crippen LogP contribution in [0.25, 0.3) is 0 Å². The van der Waals surface area contributed by atoms with Gasteiger partial charge in [-0.05, 0) is 55.5 Å². The zero-order valence-electron chi connectivity index (χ0n) is 23.5. The van der Waals surface area contributed by atoms with Crippen molar-refractivity contribution in [3.05, 3.63) is 119 Å². The van der Waals surface area contributed by atoms with Crippen molar-refractivity contribution in [1.29, 1.82) is 0 Å². The van der Waals surface area contributed by atoms with Crippen molar-refractivity contribution in [2.75, 3.05) is 13.7 Å². The zero-order chi connectivity index (χ0) is 34.2. The van der Waals surface area contributed by atoms with Gasteiger partial charge in [0.15, 0.2) is 0 Å². The van der Waals surface area contributed by atoms with Crippen molar-refractivity contribution in [3.8, 4) is 28.7 Å². The van der Waals surface area contributed by atoms with Gasteiger partial charge in [-0.25, -0.2) is 4.79 Å². The first-order chi connectivity index (χ1) is 21.6. The molecule has 0 unspecified atom stereocenters. The predicted molar refractivity (Wildman–Crippen MR) is 162 cm³/mol. The molecule has 242 valence electrons. The number of alkyl halides is 3. The Morgan fingerprint density at radius 2 is 1.30 bits per heavy atom. The van der Waals surface area contributed by atoms with Gasteiger partial charge in [0.05, 0.1) is 39.2 Å². The van der Waals surface area contributed by atoms with Crippen LogP contribution in [0.4, 0.5) is 24.5 Å². The molecular formula is C29H20Cl3F3N2O9. The average Bonchev–Trinajstić information content (AvgIpc) is 2.99. The summed E-state index contributed by atoms with van der Waals surface area (Å²) in [4.78, 5) is 32.2. The largest absolute Gasteiger partial charge is 0.487 e. The number of ether oxygens (including phenoxy) is 4. The Balaban J connectivity index is 0.000000251. The van der Waals surface area contributed by atoms with E-state index in [9.17, 15) is 38.2 Å². The van der Waals surface area contributed by atoms with Crippen molar-refractivity contribution >= 4 is 52.1 Å². The van der Waals surface area contributed by atoms with Gasteiger partial charge in [0.25, 0.3) is 5.69 Å². The number of methoxy groups -OCH3 is 1. The topological polar surface area (TPSA) is 140 Å². The van der Waals surface area contributed by atoms with Crippen LogP contribution in [0.5, 0.6) is 28.7 Å². The first-order valence-electron chi connectivity index (χ1n) is 12.6. The third-order valence-corrected chi connectivity index (χ3v) is 6.43. The number of carbonyl (C=O) groups excluding carboxylic acids is 1. The van der Waals surface area contributed by atoms with E-state index in [1.165, 1.54) is 36.4 Å². The standard InChI is InChI=1S/C15H11ClF3NO4.C14H9Cl2NO5/c1-2-23-14-8-10(4-5-12(14)20(21)22)24-13-6-3-9(7-11(13)16)15(17,18)19;1-21-14(18)10-7-9(3-4-12(10)17(19)20)22-13-5-2-8(15)6-11(13)16/h3-8H,2H2,1H3;2-7H,1H3. The molecule has 46 heavy (non-hydrogen) atoms. The van der Waals surface area contributed by atoms with Crippen LogP contribution in [0.1, 0.15) is 22.8 Å². The lowest BCUT2D eigenvalue weighted by Gasteiger charge is -2.12. The molecule has 11 nitrogen and oxygen atoms in total. The number of hydrogen-bond acceptors (Lipinski definition) is 9. The van der Waals surface area contributed by atoms with E-state index in [1.807, 2.05) is 0 Å². The minimum Gasteiger partial charge on any atom is -0.487 e. The summed E-state index contributed by atoms with van der Waals surface area (Å²) in [7, 11) is 1.13. The summed E-state index contributed by atoms with van der Waals surface area (Å²) in [6, 6.07) is 14.7. The van der Waals surface area contributed by atoms with Crippen LogP contribution in [-0.4, -0.2) is 29.5 Å². The van der Waals surface area contributed by atoms with Crippen LogP contribution in [-0.2, 0) is 10.9 Å². The smallest absolute Gasteiger partial charge is 0.416 e. The van der Waals surface area contributed by atoms with Crippen molar-refractivity contribution in [1.82, 2.24) is 0 Å². The highest BCUT2D eigenvalue weighted by atomic mass is 35.5. The van der Waals surface area contributed by atoms with Crippen molar-refractivity contribution in [3.63, 3.8) is 0 Å². The maximum absolute atomic E-state index is 12.6. The molecule has 0 spiro atoms. The normalized spacial score (nSPS) is 10.7. The van der Waals surface area contributed by atoms with Gasteiger partial charge in [-0.1, -0.05) is 34.8 Å². The maximum Gasteiger partial charge on any atom is 0.416 e. The lowest BCUT2D eigenvalue weighted by Crippen LogP contribution is -2.05. The summed E-state index contributed by atoms with van der Waals surface area (Å²) < 4.78 is 58.4. The van der Waals surface area contributed by atoms with Gasteiger partial charge < -0.3 is 18.9 Å². The summed E-state index contributed by atoms with van der Waals surface area (Å²) in [6.07, 6.45) is -4.52. The van der Waals surface area contributed by atoms with E-state index in [0.29, 0.717) is 10.8 Å². The molecule has 4 rings (SSSR count). The van der Waals surface area contributed by atoms with Gasteiger partial charge in [0.2, 0.25) is 5.75 Å². The van der Waals surface area contributed by atoms with E-state index in [4.69, 9.17) is 49.0 Å². The Labute approximate surface area is 273 Å². The number of rotatable bonds is 9. The molecule has 0 aliphatic rings. The predicted octanol–water partition coefficient (Wildman–Crippen LogP) is 9.94. The van der Waals surface area contributed by atoms with Crippen molar-refractivity contribution < 1.29 is 46.8 Å². The molecule has 0 bridgehead atoms. The number of hydrogen-bond donors (Lipinski definition) is 0. The van der Waals surface area contributed by atoms with Crippen LogP contribution in [0.2, 0.25) is 15.1 Å². The fraction of sp³-hybridized carbons (Fsp3) is 0.138. The van der Waals surface area contributed by atoms with Gasteiger partial charge in [-0.3, -0.25) is 20.2 Å². The van der Waals surface area contributed by atoms with Crippen LogP contribution in [0.15, 0.2) is 72.8 Å². The summed E-state index contributed by atoms with van der Waals surface area (Å²) in [5.41, 5.74) is -1.74. The second kappa shape index (κ2) is 15.5. The summed E-state index contributed by atoms with van der Waals surface area (Å²) in [5, 5.41) is 22.3. The molecule has 0 aliphatic carbocycles. The van der Waals surface area contributed by atoms with E-state index >= 15 is 0 Å². The molecule has 0 heterocycles. The Morgan fingerprint density at radius 1 is 0.761 bits per heavy atom. The Morgan fingerprint density at radius 3 is 1.80 bits per heavy atom. The molecule has 17 heteroatoms. The lowest BCUT2D eigenvalue weighted by atomic mass is 10.1. The number of esters is 1. The molecule has 0 N–H and O–H groups in total. The van der Waals surface area contributed by atoms with E-state index < -0.39 is 27.6 Å². The van der Waals surface area contributed by atoms with Gasteiger partial charge >= 0.3 is 17.8 Å². The van der Waals surface area contributed by atoms with E-state index in [0.717, 1.165) is 31.4 Å². The highest BCUT2D eigenvalue weighted by Crippen LogP contribution is 2.39. The number of benzene rings is 4. The van der Waals surface area contributed by atoms with Gasteiger partial charge in [-0.15, -0.1) is 0 Å². The van der Waals surface area contributed by atoms with Crippen LogP contribution in [0, 0.1) is 20.2 Å². The second-order valence-electron chi connectivity index (χ2n) is 8.67. The van der Waals surface area contributed by atoms with Crippen molar-refractivity contribution in [2.45, 2.75) is 13.1 Å². The first kappa shape index (κ1) is 35.7. The molecule has 0 atom stereocenters. The highest BCUT2D eigenvalue weighted by molar-refractivity contribution is 6.35. The molecule has 4 aromatic carbocycles. The zero-order valence-corrected chi connectivity index (χ0v) is 25.7. The Hall–Kier alpha value is -4.79. The van der Waals surface area contributed by atoms with Gasteiger partial charge in [0, 0.05) is 29.3 Å². The van der Waals surface area contributed by atoms with Crippen LogP contribution >= 0.6 is 34.8 Å². The van der Waals surface area contributed by atoms with E-state index in [1.54, 1.807) is 19.1 Å². The molecule has 0 amide bonds. The minimum atomic E-state index is -4.52. The second-order valence-corrected chi connectivity index (χ2v) is 9.92. The van der Waals surface area contributed by atoms with E-state index in [-0.39, 0.29) is 56.6 Å². The lowest BCUT2D eigenvalue weighted by molar-refractivity contribution is -0.385. The number of carbonyl (C=O) groups is 1. The number of nitro benzene ring substituents is 2. The number of halogens is 6. The summed E-state index contributed by atoms with van der Waals surface area (Å²) in [6.45, 7) is 1.86. The summed E-state index contributed by atoms with van der Waals surface area (Å²) in [5.74, 6) is -0.208. The molecule has 0 radical (unpaired) electrons. The molecular weight excluding hydrogens is 684 g/mol. The summed E-state index contributed by atoms with van der Waals surface area (Å²) >= 11 is 17.6. The van der Waals surface area contributed by atoms with Gasteiger partial charge in [0.1, 0.15) is 28.6 Å². The molecule has 4 aromatic rings. The minimum absolute atomic E-state index is 0.0111. The third kappa shape index (κ3) is 9.36.